The third-order valence-corrected chi connectivity index (χ3v) is 2.68. The van der Waals surface area contributed by atoms with Crippen LogP contribution in [0.2, 0.25) is 0 Å². The third-order valence-electron chi connectivity index (χ3n) is 2.68. The standard InChI is InChI=1S/C14H15N3O/c1-11-3-5-12(6-4-11)9-17(2)14-15-7-13(10-18)8-16-14/h3-8,10H,9H2,1-2H3. The fourth-order valence-corrected chi connectivity index (χ4v) is 1.63. The van der Waals surface area contributed by atoms with Gasteiger partial charge in [-0.1, -0.05) is 29.8 Å². The maximum Gasteiger partial charge on any atom is 0.225 e. The van der Waals surface area contributed by atoms with Gasteiger partial charge in [0.2, 0.25) is 5.95 Å². The number of carbonyl (C=O) groups excluding carboxylic acids is 1. The average molecular weight is 241 g/mol. The Hall–Kier alpha value is -2.23. The number of hydrogen-bond acceptors (Lipinski definition) is 4. The molecule has 2 aromatic rings. The molecule has 0 aliphatic heterocycles. The van der Waals surface area contributed by atoms with E-state index in [2.05, 4.69) is 41.2 Å². The van der Waals surface area contributed by atoms with E-state index in [0.29, 0.717) is 11.5 Å². The second-order valence-corrected chi connectivity index (χ2v) is 4.28. The van der Waals surface area contributed by atoms with Crippen molar-refractivity contribution in [1.29, 1.82) is 0 Å². The molecule has 0 aliphatic rings. The predicted molar refractivity (Wildman–Crippen MR) is 70.7 cm³/mol. The Balaban J connectivity index is 2.08. The van der Waals surface area contributed by atoms with E-state index >= 15 is 0 Å². The van der Waals surface area contributed by atoms with E-state index in [1.165, 1.54) is 23.5 Å². The molecule has 1 heterocycles. The summed E-state index contributed by atoms with van der Waals surface area (Å²) in [7, 11) is 1.93. The van der Waals surface area contributed by atoms with Crippen LogP contribution in [0.4, 0.5) is 5.95 Å². The van der Waals surface area contributed by atoms with Gasteiger partial charge in [-0.05, 0) is 12.5 Å². The van der Waals surface area contributed by atoms with Gasteiger partial charge in [-0.25, -0.2) is 9.97 Å². The van der Waals surface area contributed by atoms with Crippen LogP contribution in [0, 0.1) is 6.92 Å². The van der Waals surface area contributed by atoms with Crippen molar-refractivity contribution >= 4 is 12.2 Å². The minimum absolute atomic E-state index is 0.488. The fourth-order valence-electron chi connectivity index (χ4n) is 1.63. The van der Waals surface area contributed by atoms with E-state index < -0.39 is 0 Å². The van der Waals surface area contributed by atoms with Crippen LogP contribution in [0.5, 0.6) is 0 Å². The minimum Gasteiger partial charge on any atom is -0.340 e. The van der Waals surface area contributed by atoms with Crippen molar-refractivity contribution < 1.29 is 4.79 Å². The first-order chi connectivity index (χ1) is 8.69. The summed E-state index contributed by atoms with van der Waals surface area (Å²) in [5.74, 6) is 0.612. The molecule has 0 saturated carbocycles. The molecule has 0 amide bonds. The van der Waals surface area contributed by atoms with Gasteiger partial charge in [-0.3, -0.25) is 4.79 Å². The number of aromatic nitrogens is 2. The first-order valence-electron chi connectivity index (χ1n) is 5.73. The molecule has 1 aromatic heterocycles. The van der Waals surface area contributed by atoms with Gasteiger partial charge in [0, 0.05) is 26.0 Å². The van der Waals surface area contributed by atoms with Crippen molar-refractivity contribution in [2.24, 2.45) is 0 Å². The van der Waals surface area contributed by atoms with Crippen LogP contribution in [-0.4, -0.2) is 23.3 Å². The number of aryl methyl sites for hydroxylation is 1. The van der Waals surface area contributed by atoms with Gasteiger partial charge in [0.25, 0.3) is 0 Å². The molecule has 0 N–H and O–H groups in total. The van der Waals surface area contributed by atoms with Gasteiger partial charge < -0.3 is 4.90 Å². The molecule has 0 radical (unpaired) electrons. The Morgan fingerprint density at radius 3 is 2.33 bits per heavy atom. The summed E-state index contributed by atoms with van der Waals surface area (Å²) in [5.41, 5.74) is 2.93. The summed E-state index contributed by atoms with van der Waals surface area (Å²) >= 11 is 0. The average Bonchev–Trinajstić information content (AvgIpc) is 2.41. The van der Waals surface area contributed by atoms with Crippen LogP contribution >= 0.6 is 0 Å². The normalized spacial score (nSPS) is 10.1. The number of benzene rings is 1. The van der Waals surface area contributed by atoms with E-state index in [4.69, 9.17) is 0 Å². The lowest BCUT2D eigenvalue weighted by Gasteiger charge is -2.16. The Labute approximate surface area is 106 Å². The number of hydrogen-bond donors (Lipinski definition) is 0. The van der Waals surface area contributed by atoms with Gasteiger partial charge in [0.05, 0.1) is 5.56 Å². The van der Waals surface area contributed by atoms with E-state index in [1.54, 1.807) is 0 Å². The fraction of sp³-hybridized carbons (Fsp3) is 0.214. The highest BCUT2D eigenvalue weighted by Gasteiger charge is 2.05. The zero-order valence-corrected chi connectivity index (χ0v) is 10.5. The zero-order valence-electron chi connectivity index (χ0n) is 10.5. The van der Waals surface area contributed by atoms with Crippen molar-refractivity contribution in [3.8, 4) is 0 Å². The monoisotopic (exact) mass is 241 g/mol. The highest BCUT2D eigenvalue weighted by Crippen LogP contribution is 2.10. The molecular weight excluding hydrogens is 226 g/mol. The van der Waals surface area contributed by atoms with Crippen LogP contribution in [0.1, 0.15) is 21.5 Å². The lowest BCUT2D eigenvalue weighted by Crippen LogP contribution is -2.19. The topological polar surface area (TPSA) is 46.1 Å². The van der Waals surface area contributed by atoms with Gasteiger partial charge in [0.15, 0.2) is 6.29 Å². The van der Waals surface area contributed by atoms with Gasteiger partial charge in [-0.15, -0.1) is 0 Å². The molecular formula is C14H15N3O. The third kappa shape index (κ3) is 2.91. The minimum atomic E-state index is 0.488. The maximum atomic E-state index is 10.5. The summed E-state index contributed by atoms with van der Waals surface area (Å²) < 4.78 is 0. The molecule has 18 heavy (non-hydrogen) atoms. The zero-order chi connectivity index (χ0) is 13.0. The molecule has 0 atom stereocenters. The Morgan fingerprint density at radius 2 is 1.78 bits per heavy atom. The molecule has 0 spiro atoms. The van der Waals surface area contributed by atoms with Crippen molar-refractivity contribution in [3.63, 3.8) is 0 Å². The number of aldehydes is 1. The van der Waals surface area contributed by atoms with Gasteiger partial charge in [-0.2, -0.15) is 0 Å². The molecule has 0 saturated heterocycles. The van der Waals surface area contributed by atoms with Gasteiger partial charge in [0.1, 0.15) is 0 Å². The predicted octanol–water partition coefficient (Wildman–Crippen LogP) is 2.23. The van der Waals surface area contributed by atoms with Crippen molar-refractivity contribution in [1.82, 2.24) is 9.97 Å². The Morgan fingerprint density at radius 1 is 1.17 bits per heavy atom. The van der Waals surface area contributed by atoms with Gasteiger partial charge >= 0.3 is 0 Å². The molecule has 0 unspecified atom stereocenters. The highest BCUT2D eigenvalue weighted by atomic mass is 16.1. The molecule has 0 fully saturated rings. The van der Waals surface area contributed by atoms with E-state index in [1.807, 2.05) is 11.9 Å². The summed E-state index contributed by atoms with van der Waals surface area (Å²) in [6.07, 6.45) is 3.80. The molecule has 1 aromatic carbocycles. The SMILES string of the molecule is Cc1ccc(CN(C)c2ncc(C=O)cn2)cc1. The first kappa shape index (κ1) is 12.2. The van der Waals surface area contributed by atoms with E-state index in [9.17, 15) is 4.79 Å². The second-order valence-electron chi connectivity index (χ2n) is 4.28. The molecule has 4 nitrogen and oxygen atoms in total. The molecule has 92 valence electrons. The van der Waals surface area contributed by atoms with Crippen molar-refractivity contribution in [3.05, 3.63) is 53.3 Å². The Bertz CT molecular complexity index is 520. The number of carbonyl (C=O) groups is 1. The molecule has 2 rings (SSSR count). The molecule has 0 aliphatic carbocycles. The molecule has 4 heteroatoms. The quantitative estimate of drug-likeness (QED) is 0.770. The second kappa shape index (κ2) is 5.40. The lowest BCUT2D eigenvalue weighted by molar-refractivity contribution is 0.112. The highest BCUT2D eigenvalue weighted by molar-refractivity contribution is 5.73. The number of nitrogens with zero attached hydrogens (tertiary/aromatic N) is 3. The van der Waals surface area contributed by atoms with Crippen LogP contribution in [0.25, 0.3) is 0 Å². The van der Waals surface area contributed by atoms with Crippen molar-refractivity contribution in [2.75, 3.05) is 11.9 Å². The van der Waals surface area contributed by atoms with Crippen LogP contribution in [-0.2, 0) is 6.54 Å². The number of anilines is 1. The van der Waals surface area contributed by atoms with Crippen LogP contribution < -0.4 is 4.90 Å². The van der Waals surface area contributed by atoms with Crippen LogP contribution in [0.15, 0.2) is 36.7 Å². The largest absolute Gasteiger partial charge is 0.340 e. The van der Waals surface area contributed by atoms with Crippen molar-refractivity contribution in [2.45, 2.75) is 13.5 Å². The van der Waals surface area contributed by atoms with E-state index in [0.717, 1.165) is 12.8 Å². The first-order valence-corrected chi connectivity index (χ1v) is 5.73. The van der Waals surface area contributed by atoms with Crippen LogP contribution in [0.3, 0.4) is 0 Å². The number of rotatable bonds is 4. The smallest absolute Gasteiger partial charge is 0.225 e. The summed E-state index contributed by atoms with van der Waals surface area (Å²) in [5, 5.41) is 0. The maximum absolute atomic E-state index is 10.5. The Kier molecular flexibility index (Phi) is 3.67. The molecule has 0 bridgehead atoms. The summed E-state index contributed by atoms with van der Waals surface area (Å²) in [6, 6.07) is 8.34. The summed E-state index contributed by atoms with van der Waals surface area (Å²) in [4.78, 5) is 20.8. The lowest BCUT2D eigenvalue weighted by atomic mass is 10.1. The summed E-state index contributed by atoms with van der Waals surface area (Å²) in [6.45, 7) is 2.80. The van der Waals surface area contributed by atoms with E-state index in [-0.39, 0.29) is 0 Å².